The first-order valence-electron chi connectivity index (χ1n) is 14.4. The molecule has 3 aliphatic rings. The van der Waals surface area contributed by atoms with Crippen molar-refractivity contribution in [2.45, 2.75) is 58.7 Å². The Kier molecular flexibility index (Phi) is 8.27. The molecule has 1 amide bonds. The van der Waals surface area contributed by atoms with Gasteiger partial charge in [0.1, 0.15) is 12.4 Å². The number of anilines is 2. The second-order valence-corrected chi connectivity index (χ2v) is 11.6. The van der Waals surface area contributed by atoms with Gasteiger partial charge in [0.25, 0.3) is 0 Å². The minimum Gasteiger partial charge on any atom is -0.462 e. The molecule has 4 heterocycles. The van der Waals surface area contributed by atoms with E-state index < -0.39 is 0 Å². The van der Waals surface area contributed by atoms with Crippen molar-refractivity contribution < 1.29 is 9.53 Å². The first kappa shape index (κ1) is 27.9. The molecule has 0 unspecified atom stereocenters. The van der Waals surface area contributed by atoms with Gasteiger partial charge in [-0.05, 0) is 62.9 Å². The summed E-state index contributed by atoms with van der Waals surface area (Å²) in [6.07, 6.45) is 3.51. The van der Waals surface area contributed by atoms with E-state index in [-0.39, 0.29) is 18.4 Å². The highest BCUT2D eigenvalue weighted by molar-refractivity contribution is 5.87. The Hall–Kier alpha value is -3.64. The van der Waals surface area contributed by atoms with Gasteiger partial charge < -0.3 is 19.4 Å². The third-order valence-corrected chi connectivity index (χ3v) is 8.81. The van der Waals surface area contributed by atoms with Crippen LogP contribution >= 0.6 is 0 Å². The number of aromatic nitrogens is 2. The highest BCUT2D eigenvalue weighted by atomic mass is 16.5. The van der Waals surface area contributed by atoms with Crippen molar-refractivity contribution >= 4 is 17.4 Å². The molecule has 9 heteroatoms. The molecule has 0 spiro atoms. The zero-order chi connectivity index (χ0) is 28.4. The van der Waals surface area contributed by atoms with Crippen LogP contribution in [0.2, 0.25) is 0 Å². The molecule has 3 atom stereocenters. The number of ether oxygens (including phenoxy) is 1. The number of nitrogens with zero attached hydrogens (tertiary/aromatic N) is 7. The van der Waals surface area contributed by atoms with Crippen molar-refractivity contribution in [2.75, 3.05) is 56.2 Å². The van der Waals surface area contributed by atoms with Crippen LogP contribution in [0.1, 0.15) is 42.1 Å². The lowest BCUT2D eigenvalue weighted by Gasteiger charge is -2.42. The van der Waals surface area contributed by atoms with Crippen LogP contribution in [0.25, 0.3) is 0 Å². The zero-order valence-corrected chi connectivity index (χ0v) is 24.3. The van der Waals surface area contributed by atoms with E-state index in [1.165, 1.54) is 22.9 Å². The van der Waals surface area contributed by atoms with Gasteiger partial charge in [0.15, 0.2) is 0 Å². The molecule has 9 nitrogen and oxygen atoms in total. The van der Waals surface area contributed by atoms with E-state index in [9.17, 15) is 10.1 Å². The summed E-state index contributed by atoms with van der Waals surface area (Å²) in [6.45, 7) is 15.1. The summed E-state index contributed by atoms with van der Waals surface area (Å²) in [5.41, 5.74) is 5.93. The Morgan fingerprint density at radius 1 is 1.18 bits per heavy atom. The van der Waals surface area contributed by atoms with Crippen LogP contribution in [-0.4, -0.2) is 84.1 Å². The zero-order valence-electron chi connectivity index (χ0n) is 24.3. The van der Waals surface area contributed by atoms with Crippen molar-refractivity contribution in [1.82, 2.24) is 19.8 Å². The van der Waals surface area contributed by atoms with Crippen molar-refractivity contribution in [1.29, 1.82) is 5.26 Å². The minimum absolute atomic E-state index is 0.132. The molecular weight excluding hydrogens is 502 g/mol. The highest BCUT2D eigenvalue weighted by Gasteiger charge is 2.34. The molecule has 2 saturated heterocycles. The molecule has 1 aromatic carbocycles. The monoisotopic (exact) mass is 543 g/mol. The van der Waals surface area contributed by atoms with Gasteiger partial charge in [-0.2, -0.15) is 15.2 Å². The number of hydrogen-bond donors (Lipinski definition) is 0. The smallest absolute Gasteiger partial charge is 0.318 e. The molecule has 0 bridgehead atoms. The molecule has 0 N–H and O–H groups in total. The van der Waals surface area contributed by atoms with Gasteiger partial charge in [-0.1, -0.05) is 25.6 Å². The topological polar surface area (TPSA) is 88.8 Å². The lowest BCUT2D eigenvalue weighted by atomic mass is 10.0. The fourth-order valence-corrected chi connectivity index (χ4v) is 6.46. The van der Waals surface area contributed by atoms with Crippen LogP contribution in [0, 0.1) is 31.1 Å². The number of benzene rings is 1. The molecule has 40 heavy (non-hydrogen) atoms. The Bertz CT molecular complexity index is 1310. The first-order valence-corrected chi connectivity index (χ1v) is 14.4. The standard InChI is InChI=1S/C31H41N7O2/c1-6-29(39)38-15-14-37(18-24(38)10-12-32)30-26-11-13-36(28-9-7-8-22(3)23(28)4)19-27(26)33-31(34-30)40-20-25-16-21(2)17-35(25)5/h6-9,21,24-25H,1,10-11,13-20H2,2-5H3/t21-,24+,25+/m1/s1. The molecule has 0 aliphatic carbocycles. The van der Waals surface area contributed by atoms with E-state index >= 15 is 0 Å². The van der Waals surface area contributed by atoms with E-state index in [1.807, 2.05) is 0 Å². The van der Waals surface area contributed by atoms with Gasteiger partial charge in [0.2, 0.25) is 5.91 Å². The summed E-state index contributed by atoms with van der Waals surface area (Å²) in [4.78, 5) is 31.2. The average Bonchev–Trinajstić information content (AvgIpc) is 3.28. The fourth-order valence-electron chi connectivity index (χ4n) is 6.46. The molecule has 2 fully saturated rings. The fraction of sp³-hybridized carbons (Fsp3) is 0.548. The maximum absolute atomic E-state index is 12.5. The number of aryl methyl sites for hydroxylation is 1. The predicted molar refractivity (Wildman–Crippen MR) is 157 cm³/mol. The number of carbonyl (C=O) groups is 1. The van der Waals surface area contributed by atoms with Crippen LogP contribution in [0.15, 0.2) is 30.9 Å². The molecule has 3 aliphatic heterocycles. The van der Waals surface area contributed by atoms with Crippen LogP contribution in [0.3, 0.4) is 0 Å². The number of carbonyl (C=O) groups excluding carboxylic acids is 1. The number of likely N-dealkylation sites (N-methyl/N-ethyl adjacent to an activating group) is 1. The normalized spacial score (nSPS) is 23.1. The SMILES string of the molecule is C=CC(=O)N1CCN(c2nc(OC[C@@H]3C[C@@H](C)CN3C)nc3c2CCN(c2cccc(C)c2C)C3)C[C@@H]1CC#N. The lowest BCUT2D eigenvalue weighted by molar-refractivity contribution is -0.128. The molecular formula is C31H41N7O2. The third kappa shape index (κ3) is 5.64. The van der Waals surface area contributed by atoms with E-state index in [1.54, 1.807) is 4.90 Å². The predicted octanol–water partition coefficient (Wildman–Crippen LogP) is 3.49. The molecule has 1 aromatic heterocycles. The Balaban J connectivity index is 1.46. The second kappa shape index (κ2) is 11.8. The number of likely N-dealkylation sites (tertiary alicyclic amines) is 1. The maximum atomic E-state index is 12.5. The molecule has 5 rings (SSSR count). The summed E-state index contributed by atoms with van der Waals surface area (Å²) < 4.78 is 6.30. The van der Waals surface area contributed by atoms with E-state index in [2.05, 4.69) is 73.4 Å². The van der Waals surface area contributed by atoms with E-state index in [0.29, 0.717) is 50.8 Å². The van der Waals surface area contributed by atoms with Gasteiger partial charge in [0, 0.05) is 50.0 Å². The van der Waals surface area contributed by atoms with E-state index in [0.717, 1.165) is 43.0 Å². The van der Waals surface area contributed by atoms with Gasteiger partial charge >= 0.3 is 6.01 Å². The van der Waals surface area contributed by atoms with E-state index in [4.69, 9.17) is 14.7 Å². The van der Waals surface area contributed by atoms with Crippen molar-refractivity contribution in [3.8, 4) is 12.1 Å². The largest absolute Gasteiger partial charge is 0.462 e. The summed E-state index contributed by atoms with van der Waals surface area (Å²) >= 11 is 0. The van der Waals surface area contributed by atoms with Gasteiger partial charge in [-0.25, -0.2) is 0 Å². The Morgan fingerprint density at radius 2 is 2.00 bits per heavy atom. The number of amides is 1. The Morgan fingerprint density at radius 3 is 2.73 bits per heavy atom. The first-order chi connectivity index (χ1) is 19.3. The summed E-state index contributed by atoms with van der Waals surface area (Å²) in [6, 6.07) is 9.25. The lowest BCUT2D eigenvalue weighted by Crippen LogP contribution is -2.55. The van der Waals surface area contributed by atoms with Crippen molar-refractivity contribution in [3.05, 3.63) is 53.2 Å². The molecule has 0 saturated carbocycles. The highest BCUT2D eigenvalue weighted by Crippen LogP contribution is 2.34. The van der Waals surface area contributed by atoms with Gasteiger partial charge in [-0.3, -0.25) is 9.69 Å². The molecule has 0 radical (unpaired) electrons. The summed E-state index contributed by atoms with van der Waals surface area (Å²) in [5.74, 6) is 1.39. The quantitative estimate of drug-likeness (QED) is 0.491. The van der Waals surface area contributed by atoms with Crippen LogP contribution < -0.4 is 14.5 Å². The van der Waals surface area contributed by atoms with Crippen molar-refractivity contribution in [3.63, 3.8) is 0 Å². The second-order valence-electron chi connectivity index (χ2n) is 11.6. The summed E-state index contributed by atoms with van der Waals surface area (Å²) in [7, 11) is 2.15. The minimum atomic E-state index is -0.220. The number of hydrogen-bond acceptors (Lipinski definition) is 8. The number of piperazine rings is 1. The number of rotatable bonds is 7. The average molecular weight is 544 g/mol. The van der Waals surface area contributed by atoms with Crippen LogP contribution in [-0.2, 0) is 17.8 Å². The molecule has 2 aromatic rings. The summed E-state index contributed by atoms with van der Waals surface area (Å²) in [5, 5.41) is 9.49. The van der Waals surface area contributed by atoms with Crippen LogP contribution in [0.4, 0.5) is 11.5 Å². The Labute approximate surface area is 238 Å². The van der Waals surface area contributed by atoms with Gasteiger partial charge in [0.05, 0.1) is 30.8 Å². The van der Waals surface area contributed by atoms with Gasteiger partial charge in [-0.15, -0.1) is 0 Å². The van der Waals surface area contributed by atoms with Crippen molar-refractivity contribution in [2.24, 2.45) is 5.92 Å². The maximum Gasteiger partial charge on any atom is 0.318 e. The molecule has 212 valence electrons. The third-order valence-electron chi connectivity index (χ3n) is 8.81. The van der Waals surface area contributed by atoms with Crippen LogP contribution in [0.5, 0.6) is 6.01 Å². The number of nitriles is 1. The number of fused-ring (bicyclic) bond motifs is 1.